The molecule has 0 bridgehead atoms. The van der Waals surface area contributed by atoms with E-state index in [-0.39, 0.29) is 5.54 Å². The van der Waals surface area contributed by atoms with Gasteiger partial charge in [-0.15, -0.1) is 11.3 Å². The van der Waals surface area contributed by atoms with Gasteiger partial charge >= 0.3 is 0 Å². The Hall–Kier alpha value is -1.20. The van der Waals surface area contributed by atoms with Crippen molar-refractivity contribution in [2.45, 2.75) is 52.2 Å². The van der Waals surface area contributed by atoms with Crippen molar-refractivity contribution in [2.75, 3.05) is 0 Å². The zero-order valence-corrected chi connectivity index (χ0v) is 12.9. The fourth-order valence-corrected chi connectivity index (χ4v) is 2.56. The number of hydrogen-bond acceptors (Lipinski definition) is 4. The van der Waals surface area contributed by atoms with Crippen LogP contribution >= 0.6 is 11.3 Å². The van der Waals surface area contributed by atoms with Crippen LogP contribution in [-0.2, 0) is 13.1 Å². The number of hydrogen-bond donors (Lipinski definition) is 1. The van der Waals surface area contributed by atoms with Crippen molar-refractivity contribution in [1.82, 2.24) is 19.9 Å². The molecule has 0 saturated heterocycles. The van der Waals surface area contributed by atoms with E-state index in [1.165, 1.54) is 10.7 Å². The van der Waals surface area contributed by atoms with Crippen molar-refractivity contribution in [1.29, 1.82) is 0 Å². The van der Waals surface area contributed by atoms with Crippen molar-refractivity contribution < 1.29 is 0 Å². The molecule has 5 heteroatoms. The van der Waals surface area contributed by atoms with Crippen molar-refractivity contribution in [3.63, 3.8) is 0 Å². The largest absolute Gasteiger partial charge is 0.333 e. The van der Waals surface area contributed by atoms with E-state index in [0.29, 0.717) is 5.92 Å². The van der Waals surface area contributed by atoms with Crippen molar-refractivity contribution in [2.24, 2.45) is 0 Å². The van der Waals surface area contributed by atoms with Crippen LogP contribution in [-0.4, -0.2) is 20.1 Å². The third-order valence-electron chi connectivity index (χ3n) is 2.94. The van der Waals surface area contributed by atoms with Gasteiger partial charge in [-0.2, -0.15) is 0 Å². The van der Waals surface area contributed by atoms with Gasteiger partial charge in [-0.1, -0.05) is 6.92 Å². The highest BCUT2D eigenvalue weighted by Crippen LogP contribution is 2.20. The van der Waals surface area contributed by atoms with Gasteiger partial charge in [0.25, 0.3) is 0 Å². The van der Waals surface area contributed by atoms with Gasteiger partial charge in [0.15, 0.2) is 0 Å². The van der Waals surface area contributed by atoms with Crippen LogP contribution in [0.4, 0.5) is 0 Å². The van der Waals surface area contributed by atoms with E-state index in [1.54, 1.807) is 11.3 Å². The van der Waals surface area contributed by atoms with Crippen LogP contribution in [0.2, 0.25) is 0 Å². The Kier molecular flexibility index (Phi) is 4.37. The average Bonchev–Trinajstić information content (AvgIpc) is 2.96. The number of rotatable bonds is 5. The third-order valence-corrected chi connectivity index (χ3v) is 3.95. The van der Waals surface area contributed by atoms with Gasteiger partial charge in [0.1, 0.15) is 0 Å². The van der Waals surface area contributed by atoms with Crippen LogP contribution < -0.4 is 5.32 Å². The first-order chi connectivity index (χ1) is 8.96. The van der Waals surface area contributed by atoms with Crippen LogP contribution in [0, 0.1) is 0 Å². The molecule has 0 amide bonds. The van der Waals surface area contributed by atoms with Gasteiger partial charge in [-0.3, -0.25) is 0 Å². The molecule has 2 aromatic heterocycles. The fraction of sp³-hybridized carbons (Fsp3) is 0.571. The van der Waals surface area contributed by atoms with E-state index in [2.05, 4.69) is 47.5 Å². The number of nitrogens with zero attached hydrogens (tertiary/aromatic N) is 3. The highest BCUT2D eigenvalue weighted by atomic mass is 32.1. The maximum atomic E-state index is 4.38. The average molecular weight is 278 g/mol. The molecule has 1 atom stereocenters. The summed E-state index contributed by atoms with van der Waals surface area (Å²) >= 11 is 1.72. The van der Waals surface area contributed by atoms with Crippen LogP contribution in [0.3, 0.4) is 0 Å². The minimum atomic E-state index is 0.121. The van der Waals surface area contributed by atoms with Crippen molar-refractivity contribution in [3.8, 4) is 0 Å². The lowest BCUT2D eigenvalue weighted by molar-refractivity contribution is 0.413. The number of imidazole rings is 1. The smallest absolute Gasteiger partial charge is 0.0970 e. The molecule has 0 aromatic carbocycles. The molecule has 104 valence electrons. The summed E-state index contributed by atoms with van der Waals surface area (Å²) in [7, 11) is 0. The van der Waals surface area contributed by atoms with Crippen LogP contribution in [0.15, 0.2) is 24.1 Å². The maximum absolute atomic E-state index is 4.38. The number of thiazole rings is 1. The number of nitrogens with one attached hydrogen (secondary N) is 1. The molecule has 19 heavy (non-hydrogen) atoms. The second-order valence-corrected chi connectivity index (χ2v) is 6.84. The first-order valence-corrected chi connectivity index (χ1v) is 7.47. The Morgan fingerprint density at radius 3 is 2.84 bits per heavy atom. The minimum Gasteiger partial charge on any atom is -0.333 e. The molecule has 0 aliphatic rings. The minimum absolute atomic E-state index is 0.121. The third kappa shape index (κ3) is 4.14. The molecule has 0 fully saturated rings. The SMILES string of the molecule is CC(Cn1cncc1CNC(C)(C)C)c1nccs1. The number of aromatic nitrogens is 3. The lowest BCUT2D eigenvalue weighted by Gasteiger charge is -2.21. The van der Waals surface area contributed by atoms with E-state index >= 15 is 0 Å². The van der Waals surface area contributed by atoms with E-state index < -0.39 is 0 Å². The molecule has 4 nitrogen and oxygen atoms in total. The summed E-state index contributed by atoms with van der Waals surface area (Å²) in [5, 5.41) is 6.71. The normalized spacial score (nSPS) is 13.7. The summed E-state index contributed by atoms with van der Waals surface area (Å²) in [6.45, 7) is 10.5. The van der Waals surface area contributed by atoms with Crippen LogP contribution in [0.1, 0.15) is 44.3 Å². The highest BCUT2D eigenvalue weighted by molar-refractivity contribution is 7.09. The summed E-state index contributed by atoms with van der Waals surface area (Å²) in [6, 6.07) is 0. The zero-order chi connectivity index (χ0) is 13.9. The predicted molar refractivity (Wildman–Crippen MR) is 79.3 cm³/mol. The summed E-state index contributed by atoms with van der Waals surface area (Å²) in [6.07, 6.45) is 5.71. The molecule has 1 unspecified atom stereocenters. The Morgan fingerprint density at radius 2 is 2.21 bits per heavy atom. The van der Waals surface area contributed by atoms with Gasteiger partial charge in [0, 0.05) is 42.3 Å². The van der Waals surface area contributed by atoms with Gasteiger partial charge in [0.05, 0.1) is 17.0 Å². The highest BCUT2D eigenvalue weighted by Gasteiger charge is 2.13. The van der Waals surface area contributed by atoms with E-state index in [9.17, 15) is 0 Å². The molecular formula is C14H22N4S. The van der Waals surface area contributed by atoms with Crippen LogP contribution in [0.5, 0.6) is 0 Å². The quantitative estimate of drug-likeness (QED) is 0.914. The molecule has 0 aliphatic heterocycles. The molecule has 0 spiro atoms. The second-order valence-electron chi connectivity index (χ2n) is 5.91. The summed E-state index contributed by atoms with van der Waals surface area (Å²) in [5.74, 6) is 0.419. The van der Waals surface area contributed by atoms with Crippen LogP contribution in [0.25, 0.3) is 0 Å². The Bertz CT molecular complexity index is 496. The first kappa shape index (κ1) is 14.2. The Balaban J connectivity index is 1.99. The summed E-state index contributed by atoms with van der Waals surface area (Å²) in [4.78, 5) is 8.64. The lowest BCUT2D eigenvalue weighted by Crippen LogP contribution is -2.35. The second kappa shape index (κ2) is 5.84. The molecular weight excluding hydrogens is 256 g/mol. The van der Waals surface area contributed by atoms with Gasteiger partial charge in [-0.05, 0) is 20.8 Å². The maximum Gasteiger partial charge on any atom is 0.0970 e. The Morgan fingerprint density at radius 1 is 1.42 bits per heavy atom. The molecule has 0 saturated carbocycles. The Labute approximate surface area is 118 Å². The van der Waals surface area contributed by atoms with Gasteiger partial charge < -0.3 is 9.88 Å². The molecule has 0 radical (unpaired) electrons. The van der Waals surface area contributed by atoms with E-state index in [4.69, 9.17) is 0 Å². The predicted octanol–water partition coefficient (Wildman–Crippen LogP) is 3.03. The molecule has 1 N–H and O–H groups in total. The van der Waals surface area contributed by atoms with Crippen molar-refractivity contribution in [3.05, 3.63) is 34.8 Å². The topological polar surface area (TPSA) is 42.7 Å². The zero-order valence-electron chi connectivity index (χ0n) is 12.1. The van der Waals surface area contributed by atoms with Gasteiger partial charge in [0.2, 0.25) is 0 Å². The van der Waals surface area contributed by atoms with E-state index in [1.807, 2.05) is 24.1 Å². The molecule has 0 aliphatic carbocycles. The van der Waals surface area contributed by atoms with Gasteiger partial charge in [-0.25, -0.2) is 9.97 Å². The molecule has 2 aromatic rings. The lowest BCUT2D eigenvalue weighted by atomic mass is 10.1. The molecule has 2 rings (SSSR count). The van der Waals surface area contributed by atoms with E-state index in [0.717, 1.165) is 13.1 Å². The fourth-order valence-electron chi connectivity index (χ4n) is 1.87. The summed E-state index contributed by atoms with van der Waals surface area (Å²) in [5.41, 5.74) is 1.34. The first-order valence-electron chi connectivity index (χ1n) is 6.59. The molecule has 2 heterocycles. The summed E-state index contributed by atoms with van der Waals surface area (Å²) < 4.78 is 2.21. The monoisotopic (exact) mass is 278 g/mol. The standard InChI is InChI=1S/C14H22N4S/c1-11(13-16-5-6-19-13)9-18-10-15-7-12(18)8-17-14(2,3)4/h5-7,10-11,17H,8-9H2,1-4H3. The van der Waals surface area contributed by atoms with Crippen molar-refractivity contribution >= 4 is 11.3 Å².